The standard InChI is InChI=1S/C23H23N5O3S2/c1-14-5-6-16(15(2)12-14)24-18(29)13-28-21-20(19(25-22(28)30)17-4-3-11-32-17)26-23(33-21)27-7-9-31-10-8-27/h3-6,11-12H,7-10,13H2,1-2H3,(H,24,29). The van der Waals surface area contributed by atoms with E-state index in [2.05, 4.69) is 15.2 Å². The van der Waals surface area contributed by atoms with Crippen LogP contribution in [0.15, 0.2) is 40.5 Å². The lowest BCUT2D eigenvalue weighted by Crippen LogP contribution is -2.36. The first-order valence-corrected chi connectivity index (χ1v) is 12.3. The van der Waals surface area contributed by atoms with E-state index in [1.807, 2.05) is 49.6 Å². The molecule has 10 heteroatoms. The van der Waals surface area contributed by atoms with E-state index in [0.717, 1.165) is 39.9 Å². The zero-order chi connectivity index (χ0) is 22.9. The van der Waals surface area contributed by atoms with Crippen LogP contribution in [0.25, 0.3) is 20.9 Å². The summed E-state index contributed by atoms with van der Waals surface area (Å²) >= 11 is 2.93. The van der Waals surface area contributed by atoms with E-state index in [0.29, 0.717) is 29.3 Å². The molecule has 8 nitrogen and oxygen atoms in total. The van der Waals surface area contributed by atoms with Gasteiger partial charge < -0.3 is 15.0 Å². The van der Waals surface area contributed by atoms with Crippen molar-refractivity contribution in [2.45, 2.75) is 20.4 Å². The number of hydrogen-bond acceptors (Lipinski definition) is 8. The minimum Gasteiger partial charge on any atom is -0.378 e. The molecule has 4 heterocycles. The van der Waals surface area contributed by atoms with Crippen molar-refractivity contribution in [3.05, 3.63) is 57.3 Å². The third kappa shape index (κ3) is 4.41. The third-order valence-electron chi connectivity index (χ3n) is 5.50. The van der Waals surface area contributed by atoms with Crippen LogP contribution in [0.2, 0.25) is 0 Å². The number of carbonyl (C=O) groups excluding carboxylic acids is 1. The molecule has 33 heavy (non-hydrogen) atoms. The quantitative estimate of drug-likeness (QED) is 0.468. The number of carbonyl (C=O) groups is 1. The molecule has 1 aliphatic rings. The minimum atomic E-state index is -0.459. The van der Waals surface area contributed by atoms with E-state index >= 15 is 0 Å². The number of aryl methyl sites for hydroxylation is 2. The number of thiophene rings is 1. The molecule has 0 radical (unpaired) electrons. The fraction of sp³-hybridized carbons (Fsp3) is 0.304. The first-order chi connectivity index (χ1) is 16.0. The van der Waals surface area contributed by atoms with Crippen LogP contribution in [0.5, 0.6) is 0 Å². The molecule has 1 amide bonds. The van der Waals surface area contributed by atoms with Crippen LogP contribution < -0.4 is 15.9 Å². The number of rotatable bonds is 5. The number of nitrogens with one attached hydrogen (secondary N) is 1. The summed E-state index contributed by atoms with van der Waals surface area (Å²) in [4.78, 5) is 38.8. The monoisotopic (exact) mass is 481 g/mol. The zero-order valence-electron chi connectivity index (χ0n) is 18.3. The average molecular weight is 482 g/mol. The van der Waals surface area contributed by atoms with Gasteiger partial charge in [-0.3, -0.25) is 9.36 Å². The van der Waals surface area contributed by atoms with Gasteiger partial charge in [-0.1, -0.05) is 35.1 Å². The Labute approximate surface area is 198 Å². The van der Waals surface area contributed by atoms with Crippen LogP contribution in [-0.4, -0.2) is 46.7 Å². The van der Waals surface area contributed by atoms with Gasteiger partial charge in [0, 0.05) is 18.8 Å². The largest absolute Gasteiger partial charge is 0.378 e. The van der Waals surface area contributed by atoms with Gasteiger partial charge in [-0.05, 0) is 36.9 Å². The number of thiazole rings is 1. The SMILES string of the molecule is Cc1ccc(NC(=O)Cn2c(=O)nc(-c3cccs3)c3nc(N4CCOCC4)sc32)c(C)c1. The lowest BCUT2D eigenvalue weighted by atomic mass is 10.1. The second-order valence-corrected chi connectivity index (χ2v) is 9.83. The molecular weight excluding hydrogens is 458 g/mol. The van der Waals surface area contributed by atoms with Crippen LogP contribution in [0.4, 0.5) is 10.8 Å². The molecule has 1 fully saturated rings. The number of ether oxygens (including phenoxy) is 1. The Morgan fingerprint density at radius 3 is 2.73 bits per heavy atom. The molecular formula is C23H23N5O3S2. The predicted molar refractivity (Wildman–Crippen MR) is 133 cm³/mol. The van der Waals surface area contributed by atoms with Crippen molar-refractivity contribution >= 4 is 49.7 Å². The normalized spacial score (nSPS) is 14.1. The maximum Gasteiger partial charge on any atom is 0.349 e. The number of hydrogen-bond donors (Lipinski definition) is 1. The van der Waals surface area contributed by atoms with Crippen LogP contribution in [-0.2, 0) is 16.1 Å². The molecule has 4 aromatic rings. The van der Waals surface area contributed by atoms with Crippen molar-refractivity contribution in [2.24, 2.45) is 0 Å². The number of fused-ring (bicyclic) bond motifs is 1. The number of amides is 1. The Hall–Kier alpha value is -3.08. The Balaban J connectivity index is 1.54. The van der Waals surface area contributed by atoms with Gasteiger partial charge in [-0.2, -0.15) is 4.98 Å². The topological polar surface area (TPSA) is 89.3 Å². The van der Waals surface area contributed by atoms with Crippen LogP contribution in [0.1, 0.15) is 11.1 Å². The Bertz CT molecular complexity index is 1370. The minimum absolute atomic E-state index is 0.134. The van der Waals surface area contributed by atoms with Crippen molar-refractivity contribution in [3.8, 4) is 10.6 Å². The molecule has 1 aromatic carbocycles. The molecule has 3 aromatic heterocycles. The summed E-state index contributed by atoms with van der Waals surface area (Å²) in [6, 6.07) is 9.68. The lowest BCUT2D eigenvalue weighted by molar-refractivity contribution is -0.116. The maximum absolute atomic E-state index is 13.1. The first-order valence-electron chi connectivity index (χ1n) is 10.6. The Kier molecular flexibility index (Phi) is 5.96. The molecule has 0 unspecified atom stereocenters. The van der Waals surface area contributed by atoms with Crippen LogP contribution in [0.3, 0.4) is 0 Å². The van der Waals surface area contributed by atoms with Gasteiger partial charge in [-0.15, -0.1) is 11.3 Å². The summed E-state index contributed by atoms with van der Waals surface area (Å²) in [5.74, 6) is -0.280. The summed E-state index contributed by atoms with van der Waals surface area (Å²) in [5.41, 5.74) is 3.57. The molecule has 0 aliphatic carbocycles. The number of benzene rings is 1. The second kappa shape index (κ2) is 9.05. The molecule has 170 valence electrons. The zero-order valence-corrected chi connectivity index (χ0v) is 20.0. The van der Waals surface area contributed by atoms with E-state index in [9.17, 15) is 9.59 Å². The van der Waals surface area contributed by atoms with Crippen molar-refractivity contribution in [1.29, 1.82) is 0 Å². The van der Waals surface area contributed by atoms with Gasteiger partial charge in [0.2, 0.25) is 5.91 Å². The molecule has 0 spiro atoms. The van der Waals surface area contributed by atoms with Gasteiger partial charge >= 0.3 is 5.69 Å². The molecule has 5 rings (SSSR count). The summed E-state index contributed by atoms with van der Waals surface area (Å²) in [6.07, 6.45) is 0. The van der Waals surface area contributed by atoms with Crippen LogP contribution >= 0.6 is 22.7 Å². The van der Waals surface area contributed by atoms with Gasteiger partial charge in [0.05, 0.1) is 18.1 Å². The highest BCUT2D eigenvalue weighted by Crippen LogP contribution is 2.35. The van der Waals surface area contributed by atoms with E-state index in [4.69, 9.17) is 9.72 Å². The van der Waals surface area contributed by atoms with Gasteiger partial charge in [0.1, 0.15) is 22.6 Å². The summed E-state index contributed by atoms with van der Waals surface area (Å²) in [7, 11) is 0. The van der Waals surface area contributed by atoms with E-state index in [1.54, 1.807) is 0 Å². The van der Waals surface area contributed by atoms with Crippen molar-refractivity contribution in [1.82, 2.24) is 14.5 Å². The highest BCUT2D eigenvalue weighted by Gasteiger charge is 2.22. The number of aromatic nitrogens is 3. The molecule has 1 aliphatic heterocycles. The maximum atomic E-state index is 13.1. The molecule has 0 atom stereocenters. The lowest BCUT2D eigenvalue weighted by Gasteiger charge is -2.25. The van der Waals surface area contributed by atoms with E-state index in [-0.39, 0.29) is 12.5 Å². The highest BCUT2D eigenvalue weighted by atomic mass is 32.1. The average Bonchev–Trinajstić information content (AvgIpc) is 3.49. The third-order valence-corrected chi connectivity index (χ3v) is 7.52. The van der Waals surface area contributed by atoms with Crippen LogP contribution in [0, 0.1) is 13.8 Å². The summed E-state index contributed by atoms with van der Waals surface area (Å²) in [6.45, 7) is 6.56. The summed E-state index contributed by atoms with van der Waals surface area (Å²) < 4.78 is 6.89. The Morgan fingerprint density at radius 2 is 2.00 bits per heavy atom. The summed E-state index contributed by atoms with van der Waals surface area (Å²) in [5, 5.41) is 5.68. The van der Waals surface area contributed by atoms with E-state index in [1.165, 1.54) is 27.2 Å². The molecule has 1 N–H and O–H groups in total. The fourth-order valence-electron chi connectivity index (χ4n) is 3.84. The Morgan fingerprint density at radius 1 is 1.18 bits per heavy atom. The predicted octanol–water partition coefficient (Wildman–Crippen LogP) is 3.67. The van der Waals surface area contributed by atoms with Gasteiger partial charge in [0.15, 0.2) is 5.13 Å². The van der Waals surface area contributed by atoms with Crippen molar-refractivity contribution in [2.75, 3.05) is 36.5 Å². The van der Waals surface area contributed by atoms with Crippen molar-refractivity contribution < 1.29 is 9.53 Å². The fourth-order valence-corrected chi connectivity index (χ4v) is 5.66. The smallest absolute Gasteiger partial charge is 0.349 e. The van der Waals surface area contributed by atoms with Gasteiger partial charge in [0.25, 0.3) is 0 Å². The van der Waals surface area contributed by atoms with Gasteiger partial charge in [-0.25, -0.2) is 9.78 Å². The van der Waals surface area contributed by atoms with E-state index < -0.39 is 5.69 Å². The number of anilines is 2. The van der Waals surface area contributed by atoms with Crippen molar-refractivity contribution in [3.63, 3.8) is 0 Å². The number of morpholine rings is 1. The number of nitrogens with zero attached hydrogens (tertiary/aromatic N) is 4. The first kappa shape index (κ1) is 21.7. The molecule has 1 saturated heterocycles. The molecule has 0 saturated carbocycles. The second-order valence-electron chi connectivity index (χ2n) is 7.92. The highest BCUT2D eigenvalue weighted by molar-refractivity contribution is 7.22. The molecule has 0 bridgehead atoms.